The van der Waals surface area contributed by atoms with Gasteiger partial charge in [-0.2, -0.15) is 5.21 Å². The summed E-state index contributed by atoms with van der Waals surface area (Å²) in [7, 11) is 0. The van der Waals surface area contributed by atoms with Crippen molar-refractivity contribution in [1.82, 2.24) is 34.7 Å². The topological polar surface area (TPSA) is 115 Å². The van der Waals surface area contributed by atoms with Gasteiger partial charge in [-0.05, 0) is 40.5 Å². The smallest absolute Gasteiger partial charge is 0.356 e. The lowest BCUT2D eigenvalue weighted by atomic mass is 9.98. The van der Waals surface area contributed by atoms with E-state index < -0.39 is 5.97 Å². The van der Waals surface area contributed by atoms with Gasteiger partial charge in [-0.25, -0.2) is 9.78 Å². The number of carboxylic acid groups (broad SMARTS) is 1. The molecule has 0 bridgehead atoms. The molecule has 0 aliphatic carbocycles. The van der Waals surface area contributed by atoms with Crippen molar-refractivity contribution in [3.05, 3.63) is 90.1 Å². The van der Waals surface area contributed by atoms with Crippen LogP contribution in [0, 0.1) is 0 Å². The van der Waals surface area contributed by atoms with Crippen LogP contribution in [0.4, 0.5) is 0 Å². The summed E-state index contributed by atoms with van der Waals surface area (Å²) < 4.78 is 3.56. The Morgan fingerprint density at radius 1 is 1.00 bits per heavy atom. The number of hydrogen-bond acceptors (Lipinski definition) is 5. The van der Waals surface area contributed by atoms with Gasteiger partial charge in [-0.3, -0.25) is 0 Å². The first kappa shape index (κ1) is 21.3. The number of aromatic carboxylic acids is 1. The predicted octanol–water partition coefficient (Wildman–Crippen LogP) is 4.22. The van der Waals surface area contributed by atoms with Crippen LogP contribution in [0.25, 0.3) is 28.3 Å². The molecule has 0 radical (unpaired) electrons. The molecule has 0 aliphatic rings. The Kier molecular flexibility index (Phi) is 5.73. The summed E-state index contributed by atoms with van der Waals surface area (Å²) in [5.74, 6) is 0.733. The number of imidazole rings is 1. The molecule has 2 aromatic carbocycles. The zero-order valence-corrected chi connectivity index (χ0v) is 18.6. The van der Waals surface area contributed by atoms with Crippen molar-refractivity contribution < 1.29 is 9.90 Å². The quantitative estimate of drug-likeness (QED) is 0.364. The molecule has 3 aromatic heterocycles. The van der Waals surface area contributed by atoms with Gasteiger partial charge in [0.25, 0.3) is 0 Å². The van der Waals surface area contributed by atoms with Crippen LogP contribution < -0.4 is 0 Å². The first-order chi connectivity index (χ1) is 16.7. The van der Waals surface area contributed by atoms with Crippen molar-refractivity contribution >= 4 is 5.97 Å². The van der Waals surface area contributed by atoms with E-state index in [0.29, 0.717) is 24.6 Å². The van der Waals surface area contributed by atoms with Gasteiger partial charge in [0.2, 0.25) is 5.82 Å². The third kappa shape index (κ3) is 3.99. The number of nitrogens with zero attached hydrogens (tertiary/aromatic N) is 6. The van der Waals surface area contributed by atoms with Gasteiger partial charge >= 0.3 is 5.97 Å². The molecule has 0 saturated heterocycles. The van der Waals surface area contributed by atoms with E-state index in [1.54, 1.807) is 4.57 Å². The molecular weight excluding hydrogens is 430 g/mol. The van der Waals surface area contributed by atoms with Crippen molar-refractivity contribution in [3.8, 4) is 28.3 Å². The third-order valence-electron chi connectivity index (χ3n) is 5.67. The number of nitrogens with one attached hydrogen (secondary N) is 1. The average Bonchev–Trinajstić information content (AvgIpc) is 3.62. The number of aromatic nitrogens is 7. The summed E-state index contributed by atoms with van der Waals surface area (Å²) in [5, 5.41) is 24.4. The second kappa shape index (κ2) is 9.14. The second-order valence-corrected chi connectivity index (χ2v) is 7.91. The van der Waals surface area contributed by atoms with Crippen molar-refractivity contribution in [2.24, 2.45) is 0 Å². The molecule has 3 heterocycles. The lowest BCUT2D eigenvalue weighted by Gasteiger charge is -2.12. The van der Waals surface area contributed by atoms with E-state index in [2.05, 4.69) is 32.5 Å². The zero-order valence-electron chi connectivity index (χ0n) is 18.6. The third-order valence-corrected chi connectivity index (χ3v) is 5.67. The number of carbonyl (C=O) groups is 1. The summed E-state index contributed by atoms with van der Waals surface area (Å²) in [6, 6.07) is 19.7. The molecule has 2 N–H and O–H groups in total. The Morgan fingerprint density at radius 3 is 2.38 bits per heavy atom. The average molecular weight is 454 g/mol. The van der Waals surface area contributed by atoms with Crippen LogP contribution >= 0.6 is 0 Å². The number of carboxylic acids is 1. The summed E-state index contributed by atoms with van der Waals surface area (Å²) in [6.45, 7) is 2.47. The van der Waals surface area contributed by atoms with Crippen LogP contribution in [0.15, 0.2) is 73.1 Å². The molecule has 0 aliphatic heterocycles. The Labute approximate surface area is 195 Å². The Morgan fingerprint density at radius 2 is 1.74 bits per heavy atom. The number of benzene rings is 2. The fraction of sp³-hybridized carbons (Fsp3) is 0.160. The number of H-pyrrole nitrogens is 1. The van der Waals surface area contributed by atoms with Gasteiger partial charge in [-0.1, -0.05) is 55.5 Å². The van der Waals surface area contributed by atoms with Gasteiger partial charge in [0, 0.05) is 30.9 Å². The van der Waals surface area contributed by atoms with Gasteiger partial charge < -0.3 is 14.2 Å². The van der Waals surface area contributed by atoms with Crippen LogP contribution in [0.5, 0.6) is 0 Å². The van der Waals surface area contributed by atoms with Crippen LogP contribution in [0.2, 0.25) is 0 Å². The molecule has 34 heavy (non-hydrogen) atoms. The monoisotopic (exact) mass is 453 g/mol. The normalized spacial score (nSPS) is 11.1. The Balaban J connectivity index is 1.50. The maximum atomic E-state index is 12.2. The first-order valence-corrected chi connectivity index (χ1v) is 11.0. The van der Waals surface area contributed by atoms with Crippen LogP contribution in [-0.2, 0) is 13.0 Å². The minimum Gasteiger partial charge on any atom is -0.476 e. The molecule has 0 atom stereocenters. The molecule has 9 heteroatoms. The molecule has 0 amide bonds. The Hall–Kier alpha value is -4.53. The highest BCUT2D eigenvalue weighted by molar-refractivity contribution is 5.89. The summed E-state index contributed by atoms with van der Waals surface area (Å²) in [6.07, 6.45) is 5.18. The van der Waals surface area contributed by atoms with E-state index in [1.165, 1.54) is 0 Å². The molecule has 5 aromatic rings. The fourth-order valence-electron chi connectivity index (χ4n) is 4.11. The minimum atomic E-state index is -0.996. The van der Waals surface area contributed by atoms with Crippen LogP contribution in [0.3, 0.4) is 0 Å². The summed E-state index contributed by atoms with van der Waals surface area (Å²) in [4.78, 5) is 16.9. The molecular formula is C25H23N7O2. The van der Waals surface area contributed by atoms with Gasteiger partial charge in [0.1, 0.15) is 5.82 Å². The van der Waals surface area contributed by atoms with Crippen molar-refractivity contribution in [2.75, 3.05) is 0 Å². The summed E-state index contributed by atoms with van der Waals surface area (Å²) in [5.41, 5.74) is 4.05. The number of rotatable bonds is 8. The lowest BCUT2D eigenvalue weighted by molar-refractivity contribution is 0.0685. The number of aryl methyl sites for hydroxylation is 1. The van der Waals surface area contributed by atoms with Crippen LogP contribution in [-0.4, -0.2) is 45.8 Å². The van der Waals surface area contributed by atoms with Crippen molar-refractivity contribution in [3.63, 3.8) is 0 Å². The number of aromatic amines is 1. The van der Waals surface area contributed by atoms with Gasteiger partial charge in [-0.15, -0.1) is 10.2 Å². The largest absolute Gasteiger partial charge is 0.476 e. The molecule has 9 nitrogen and oxygen atoms in total. The number of hydrogen-bond donors (Lipinski definition) is 2. The standard InChI is InChI=1S/C25H23N7O2/c1-2-7-21-26-24(31-14-5-6-15-31)22(25(33)34)32(21)16-17-10-12-18(13-11-17)19-8-3-4-9-20(19)23-27-29-30-28-23/h3-6,8-15H,2,7,16H2,1H3,(H,33,34)(H,27,28,29,30). The predicted molar refractivity (Wildman–Crippen MR) is 127 cm³/mol. The van der Waals surface area contributed by atoms with E-state index in [-0.39, 0.29) is 5.69 Å². The summed E-state index contributed by atoms with van der Waals surface area (Å²) >= 11 is 0. The van der Waals surface area contributed by atoms with Gasteiger partial charge in [0.05, 0.1) is 0 Å². The SMILES string of the molecule is CCCc1nc(-n2cccc2)c(C(=O)O)n1Cc1ccc(-c2ccccc2-c2nn[nH]n2)cc1. The highest BCUT2D eigenvalue weighted by atomic mass is 16.4. The molecule has 0 saturated carbocycles. The minimum absolute atomic E-state index is 0.186. The van der Waals surface area contributed by atoms with E-state index in [0.717, 1.165) is 34.5 Å². The molecule has 5 rings (SSSR count). The maximum Gasteiger partial charge on any atom is 0.356 e. The zero-order chi connectivity index (χ0) is 23.5. The van der Waals surface area contributed by atoms with E-state index >= 15 is 0 Å². The first-order valence-electron chi connectivity index (χ1n) is 11.0. The fourth-order valence-corrected chi connectivity index (χ4v) is 4.11. The van der Waals surface area contributed by atoms with E-state index in [1.807, 2.05) is 77.6 Å². The van der Waals surface area contributed by atoms with Crippen molar-refractivity contribution in [2.45, 2.75) is 26.3 Å². The molecule has 0 spiro atoms. The van der Waals surface area contributed by atoms with Crippen molar-refractivity contribution in [1.29, 1.82) is 0 Å². The number of tetrazole rings is 1. The van der Waals surface area contributed by atoms with E-state index in [9.17, 15) is 9.90 Å². The van der Waals surface area contributed by atoms with E-state index in [4.69, 9.17) is 0 Å². The highest BCUT2D eigenvalue weighted by Crippen LogP contribution is 2.30. The molecule has 0 fully saturated rings. The van der Waals surface area contributed by atoms with Gasteiger partial charge in [0.15, 0.2) is 11.5 Å². The Bertz CT molecular complexity index is 1400. The molecule has 0 unspecified atom stereocenters. The molecule has 170 valence electrons. The second-order valence-electron chi connectivity index (χ2n) is 7.91. The van der Waals surface area contributed by atoms with Crippen LogP contribution in [0.1, 0.15) is 35.2 Å². The maximum absolute atomic E-state index is 12.2. The lowest BCUT2D eigenvalue weighted by Crippen LogP contribution is -2.14. The highest BCUT2D eigenvalue weighted by Gasteiger charge is 2.23.